The summed E-state index contributed by atoms with van der Waals surface area (Å²) in [6.07, 6.45) is -1.23. The van der Waals surface area contributed by atoms with Crippen molar-refractivity contribution in [1.82, 2.24) is 5.32 Å². The van der Waals surface area contributed by atoms with Crippen LogP contribution in [0.1, 0.15) is 28.4 Å². The molecule has 1 aliphatic heterocycles. The van der Waals surface area contributed by atoms with Crippen molar-refractivity contribution in [3.8, 4) is 0 Å². The van der Waals surface area contributed by atoms with E-state index >= 15 is 0 Å². The van der Waals surface area contributed by atoms with E-state index in [2.05, 4.69) is 5.32 Å². The van der Waals surface area contributed by atoms with E-state index < -0.39 is 31.1 Å². The van der Waals surface area contributed by atoms with Crippen LogP contribution in [-0.4, -0.2) is 46.4 Å². The first kappa shape index (κ1) is 15.5. The van der Waals surface area contributed by atoms with Gasteiger partial charge >= 0.3 is 13.1 Å². The zero-order chi connectivity index (χ0) is 15.7. The van der Waals surface area contributed by atoms with E-state index in [1.54, 1.807) is 19.1 Å². The standard InChI is InChI=1S/C13H16BNO6/c1-6-9(4-3-8-5-21-14(20)10(6)8)12(17)15-11(7(2)16)13(18)19/h3-4,7,11,16,20H,5H2,1-2H3,(H,15,17)(H,18,19)/t7-,11-/m0/s1. The maximum atomic E-state index is 12.2. The lowest BCUT2D eigenvalue weighted by Crippen LogP contribution is -2.48. The van der Waals surface area contributed by atoms with Gasteiger partial charge in [-0.05, 0) is 36.5 Å². The van der Waals surface area contributed by atoms with Gasteiger partial charge in [-0.1, -0.05) is 6.07 Å². The number of hydrogen-bond acceptors (Lipinski definition) is 5. The second-order valence-electron chi connectivity index (χ2n) is 5.00. The molecule has 1 aromatic rings. The molecule has 0 saturated heterocycles. The van der Waals surface area contributed by atoms with Crippen LogP contribution >= 0.6 is 0 Å². The van der Waals surface area contributed by atoms with E-state index in [1.165, 1.54) is 6.92 Å². The van der Waals surface area contributed by atoms with Gasteiger partial charge in [0.1, 0.15) is 0 Å². The highest BCUT2D eigenvalue weighted by molar-refractivity contribution is 6.62. The van der Waals surface area contributed by atoms with Crippen molar-refractivity contribution in [3.63, 3.8) is 0 Å². The maximum absolute atomic E-state index is 12.2. The van der Waals surface area contributed by atoms with Crippen molar-refractivity contribution < 1.29 is 29.5 Å². The molecule has 0 spiro atoms. The fraction of sp³-hybridized carbons (Fsp3) is 0.385. The Balaban J connectivity index is 2.29. The smallest absolute Gasteiger partial charge is 0.480 e. The van der Waals surface area contributed by atoms with Crippen LogP contribution in [0.4, 0.5) is 0 Å². The summed E-state index contributed by atoms with van der Waals surface area (Å²) >= 11 is 0. The zero-order valence-electron chi connectivity index (χ0n) is 11.7. The Morgan fingerprint density at radius 1 is 1.43 bits per heavy atom. The number of aliphatic hydroxyl groups excluding tert-OH is 1. The average Bonchev–Trinajstić information content (AvgIpc) is 2.77. The van der Waals surface area contributed by atoms with Gasteiger partial charge in [-0.2, -0.15) is 0 Å². The Morgan fingerprint density at radius 2 is 2.10 bits per heavy atom. The minimum Gasteiger partial charge on any atom is -0.480 e. The first-order chi connectivity index (χ1) is 9.82. The van der Waals surface area contributed by atoms with E-state index in [0.29, 0.717) is 11.0 Å². The highest BCUT2D eigenvalue weighted by Gasteiger charge is 2.32. The first-order valence-corrected chi connectivity index (χ1v) is 6.46. The molecule has 0 unspecified atom stereocenters. The first-order valence-electron chi connectivity index (χ1n) is 6.46. The number of hydrogen-bond donors (Lipinski definition) is 4. The van der Waals surface area contributed by atoms with Crippen LogP contribution in [0.3, 0.4) is 0 Å². The summed E-state index contributed by atoms with van der Waals surface area (Å²) in [4.78, 5) is 23.2. The van der Waals surface area contributed by atoms with Gasteiger partial charge in [0.2, 0.25) is 0 Å². The van der Waals surface area contributed by atoms with Crippen LogP contribution < -0.4 is 10.8 Å². The summed E-state index contributed by atoms with van der Waals surface area (Å²) in [6, 6.07) is 1.81. The van der Waals surface area contributed by atoms with Crippen molar-refractivity contribution >= 4 is 24.5 Å². The predicted molar refractivity (Wildman–Crippen MR) is 74.1 cm³/mol. The van der Waals surface area contributed by atoms with Crippen LogP contribution in [-0.2, 0) is 16.1 Å². The van der Waals surface area contributed by atoms with Crippen LogP contribution in [0.5, 0.6) is 0 Å². The molecule has 2 atom stereocenters. The van der Waals surface area contributed by atoms with Crippen LogP contribution in [0.25, 0.3) is 0 Å². The predicted octanol–water partition coefficient (Wildman–Crippen LogP) is -1.22. The van der Waals surface area contributed by atoms with E-state index in [0.717, 1.165) is 5.56 Å². The van der Waals surface area contributed by atoms with Crippen molar-refractivity contribution in [3.05, 3.63) is 28.8 Å². The lowest BCUT2D eigenvalue weighted by Gasteiger charge is -2.18. The van der Waals surface area contributed by atoms with Gasteiger partial charge in [0.05, 0.1) is 12.7 Å². The summed E-state index contributed by atoms with van der Waals surface area (Å²) in [6.45, 7) is 3.21. The second kappa shape index (κ2) is 5.84. The number of carbonyl (C=O) groups excluding carboxylic acids is 1. The summed E-state index contributed by atoms with van der Waals surface area (Å²) < 4.78 is 5.09. The number of carboxylic acid groups (broad SMARTS) is 1. The van der Waals surface area contributed by atoms with E-state index in [4.69, 9.17) is 9.76 Å². The average molecular weight is 293 g/mol. The molecule has 1 aliphatic rings. The normalized spacial score (nSPS) is 16.3. The third-order valence-electron chi connectivity index (χ3n) is 3.53. The number of fused-ring (bicyclic) bond motifs is 1. The fourth-order valence-corrected chi connectivity index (χ4v) is 2.36. The van der Waals surface area contributed by atoms with Crippen LogP contribution in [0, 0.1) is 6.92 Å². The Labute approximate surface area is 121 Å². The topological polar surface area (TPSA) is 116 Å². The summed E-state index contributed by atoms with van der Waals surface area (Å²) in [5, 5.41) is 30.4. The van der Waals surface area contributed by atoms with Gasteiger partial charge in [0, 0.05) is 5.56 Å². The number of amides is 1. The third kappa shape index (κ3) is 2.92. The molecule has 0 radical (unpaired) electrons. The fourth-order valence-electron chi connectivity index (χ4n) is 2.36. The lowest BCUT2D eigenvalue weighted by atomic mass is 9.75. The molecule has 1 amide bonds. The molecule has 0 aromatic heterocycles. The Kier molecular flexibility index (Phi) is 4.31. The van der Waals surface area contributed by atoms with Crippen LogP contribution in [0.15, 0.2) is 12.1 Å². The molecule has 4 N–H and O–H groups in total. The molecule has 8 heteroatoms. The van der Waals surface area contributed by atoms with Crippen molar-refractivity contribution in [2.75, 3.05) is 0 Å². The molecule has 112 valence electrons. The lowest BCUT2D eigenvalue weighted by molar-refractivity contribution is -0.141. The third-order valence-corrected chi connectivity index (χ3v) is 3.53. The van der Waals surface area contributed by atoms with E-state index in [9.17, 15) is 19.7 Å². The molecular weight excluding hydrogens is 277 g/mol. The number of nitrogens with one attached hydrogen (secondary N) is 1. The number of aliphatic carboxylic acids is 1. The van der Waals surface area contributed by atoms with Gasteiger partial charge in [-0.15, -0.1) is 0 Å². The number of carbonyl (C=O) groups is 2. The van der Waals surface area contributed by atoms with Gasteiger partial charge in [0.25, 0.3) is 5.91 Å². The molecule has 0 fully saturated rings. The van der Waals surface area contributed by atoms with Gasteiger partial charge in [-0.3, -0.25) is 4.79 Å². The molecule has 21 heavy (non-hydrogen) atoms. The summed E-state index contributed by atoms with van der Waals surface area (Å²) in [5.41, 5.74) is 2.10. The number of rotatable bonds is 4. The highest BCUT2D eigenvalue weighted by Crippen LogP contribution is 2.16. The Bertz CT molecular complexity index is 588. The quantitative estimate of drug-likeness (QED) is 0.517. The van der Waals surface area contributed by atoms with Gasteiger partial charge in [0.15, 0.2) is 6.04 Å². The molecule has 0 bridgehead atoms. The van der Waals surface area contributed by atoms with Crippen molar-refractivity contribution in [2.24, 2.45) is 0 Å². The van der Waals surface area contributed by atoms with Gasteiger partial charge in [-0.25, -0.2) is 4.79 Å². The van der Waals surface area contributed by atoms with E-state index in [-0.39, 0.29) is 12.2 Å². The van der Waals surface area contributed by atoms with Gasteiger partial charge < -0.3 is 25.2 Å². The minimum absolute atomic E-state index is 0.241. The SMILES string of the molecule is Cc1c(C(=O)N[C@H](C(=O)O)[C@H](C)O)ccc2c1B(O)OC2. The Morgan fingerprint density at radius 3 is 2.67 bits per heavy atom. The molecule has 7 nitrogen and oxygen atoms in total. The number of carboxylic acids is 1. The molecule has 0 saturated carbocycles. The van der Waals surface area contributed by atoms with Crippen molar-refractivity contribution in [2.45, 2.75) is 32.6 Å². The highest BCUT2D eigenvalue weighted by atomic mass is 16.5. The monoisotopic (exact) mass is 293 g/mol. The second-order valence-corrected chi connectivity index (χ2v) is 5.00. The van der Waals surface area contributed by atoms with E-state index in [1.807, 2.05) is 0 Å². The molecule has 1 heterocycles. The molecule has 2 rings (SSSR count). The largest absolute Gasteiger partial charge is 0.492 e. The number of benzene rings is 1. The molecule has 0 aliphatic carbocycles. The summed E-state index contributed by atoms with van der Waals surface area (Å²) in [5.74, 6) is -1.94. The number of aliphatic hydroxyl groups is 1. The van der Waals surface area contributed by atoms with Crippen molar-refractivity contribution in [1.29, 1.82) is 0 Å². The molecule has 1 aromatic carbocycles. The maximum Gasteiger partial charge on any atom is 0.492 e. The zero-order valence-corrected chi connectivity index (χ0v) is 11.7. The Hall–Kier alpha value is -1.90. The molecular formula is C13H16BNO6. The minimum atomic E-state index is -1.40. The summed E-state index contributed by atoms with van der Waals surface area (Å²) in [7, 11) is -1.08. The van der Waals surface area contributed by atoms with Crippen LogP contribution in [0.2, 0.25) is 0 Å².